The number of nitrogens with one attached hydrogen (secondary N) is 1. The average Bonchev–Trinajstić information content (AvgIpc) is 3.27. The van der Waals surface area contributed by atoms with E-state index in [1.165, 1.54) is 29.3 Å². The zero-order valence-electron chi connectivity index (χ0n) is 19.0. The summed E-state index contributed by atoms with van der Waals surface area (Å²) in [5.41, 5.74) is 5.20. The average molecular weight is 550 g/mol. The van der Waals surface area contributed by atoms with Crippen molar-refractivity contribution in [3.63, 3.8) is 0 Å². The van der Waals surface area contributed by atoms with Crippen molar-refractivity contribution < 1.29 is 43.8 Å². The van der Waals surface area contributed by atoms with Gasteiger partial charge in [-0.1, -0.05) is 11.1 Å². The van der Waals surface area contributed by atoms with E-state index in [-0.39, 0.29) is 34.5 Å². The Labute approximate surface area is 217 Å². The number of oxime groups is 1. The number of thiazole rings is 1. The largest absolute Gasteiger partial charge is 0.479 e. The Bertz CT molecular complexity index is 1290. The molecule has 37 heavy (non-hydrogen) atoms. The molecular formula is C21H19N5O9S2. The molecule has 5 N–H and O–H groups in total. The topological polar surface area (TPSA) is 211 Å². The molecule has 2 aliphatic rings. The standard InChI is InChI=1S/C21H19N5O9S2/c1-2-34-13(29)6-4-3-5-10-8-36-19-15(18(31)26(19)16(10)20(32)33)24-17(30)14(25-35-7-12(27)28)11-9-37-21(22)23-11/h3,5,9,15,19H,2,7-8H2,1H3,(H2,22,23)(H,24,30)(H,27,28)(H,32,33)/b5-3-,25-14-/t15-,19-/m1/s1. The number of aromatic nitrogens is 1. The molecule has 2 atom stereocenters. The van der Waals surface area contributed by atoms with Gasteiger partial charge in [0.2, 0.25) is 6.61 Å². The fourth-order valence-electron chi connectivity index (χ4n) is 3.14. The van der Waals surface area contributed by atoms with Crippen molar-refractivity contribution in [2.75, 3.05) is 24.7 Å². The number of aliphatic carboxylic acids is 2. The third-order valence-electron chi connectivity index (χ3n) is 4.63. The lowest BCUT2D eigenvalue weighted by Crippen LogP contribution is -2.71. The Kier molecular flexibility index (Phi) is 8.87. The molecule has 0 saturated carbocycles. The highest BCUT2D eigenvalue weighted by molar-refractivity contribution is 8.00. The van der Waals surface area contributed by atoms with Gasteiger partial charge in [-0.3, -0.25) is 14.5 Å². The van der Waals surface area contributed by atoms with Gasteiger partial charge in [0.1, 0.15) is 22.8 Å². The lowest BCUT2D eigenvalue weighted by atomic mass is 10.0. The summed E-state index contributed by atoms with van der Waals surface area (Å²) in [6, 6.07) is -1.10. The number of carboxylic acid groups (broad SMARTS) is 2. The highest BCUT2D eigenvalue weighted by Crippen LogP contribution is 2.40. The number of hydrogen-bond donors (Lipinski definition) is 4. The first-order chi connectivity index (χ1) is 17.6. The van der Waals surface area contributed by atoms with Crippen LogP contribution in [-0.2, 0) is 33.5 Å². The summed E-state index contributed by atoms with van der Waals surface area (Å²) in [6.45, 7) is 0.974. The van der Waals surface area contributed by atoms with Crippen LogP contribution < -0.4 is 11.1 Å². The van der Waals surface area contributed by atoms with Crippen molar-refractivity contribution in [2.24, 2.45) is 5.16 Å². The van der Waals surface area contributed by atoms with Gasteiger partial charge < -0.3 is 30.8 Å². The van der Waals surface area contributed by atoms with E-state index in [0.29, 0.717) is 0 Å². The predicted molar refractivity (Wildman–Crippen MR) is 130 cm³/mol. The summed E-state index contributed by atoms with van der Waals surface area (Å²) < 4.78 is 4.67. The van der Waals surface area contributed by atoms with Gasteiger partial charge in [-0.25, -0.2) is 19.4 Å². The van der Waals surface area contributed by atoms with E-state index in [1.54, 1.807) is 6.92 Å². The fraction of sp³-hybridized carbons (Fsp3) is 0.286. The molecule has 3 rings (SSSR count). The Morgan fingerprint density at radius 2 is 2.14 bits per heavy atom. The van der Waals surface area contributed by atoms with Gasteiger partial charge in [-0.05, 0) is 24.6 Å². The van der Waals surface area contributed by atoms with Crippen LogP contribution in [0.25, 0.3) is 0 Å². The van der Waals surface area contributed by atoms with E-state index in [0.717, 1.165) is 16.2 Å². The number of nitrogens with zero attached hydrogens (tertiary/aromatic N) is 3. The second-order valence-corrected chi connectivity index (χ2v) is 9.04. The number of carbonyl (C=O) groups is 5. The van der Waals surface area contributed by atoms with Crippen LogP contribution in [0.2, 0.25) is 0 Å². The van der Waals surface area contributed by atoms with Crippen LogP contribution >= 0.6 is 23.1 Å². The number of nitrogens with two attached hydrogens (primary N) is 1. The highest BCUT2D eigenvalue weighted by Gasteiger charge is 2.54. The second-order valence-electron chi connectivity index (χ2n) is 7.04. The molecule has 1 aromatic rings. The predicted octanol–water partition coefficient (Wildman–Crippen LogP) is -0.608. The van der Waals surface area contributed by atoms with Crippen LogP contribution in [0, 0.1) is 11.8 Å². The molecule has 0 radical (unpaired) electrons. The molecule has 0 bridgehead atoms. The summed E-state index contributed by atoms with van der Waals surface area (Å²) in [5, 5.41) is 25.2. The van der Waals surface area contributed by atoms with Crippen molar-refractivity contribution in [2.45, 2.75) is 18.3 Å². The van der Waals surface area contributed by atoms with Gasteiger partial charge in [-0.15, -0.1) is 23.1 Å². The molecule has 0 aliphatic carbocycles. The number of ether oxygens (including phenoxy) is 1. The van der Waals surface area contributed by atoms with Gasteiger partial charge in [-0.2, -0.15) is 0 Å². The maximum atomic E-state index is 12.9. The molecule has 1 aromatic heterocycles. The Morgan fingerprint density at radius 1 is 1.38 bits per heavy atom. The third-order valence-corrected chi connectivity index (χ3v) is 6.60. The number of rotatable bonds is 9. The fourth-order valence-corrected chi connectivity index (χ4v) is 5.01. The molecule has 2 aliphatic heterocycles. The summed E-state index contributed by atoms with van der Waals surface area (Å²) in [7, 11) is 0. The van der Waals surface area contributed by atoms with E-state index in [1.807, 2.05) is 0 Å². The van der Waals surface area contributed by atoms with Gasteiger partial charge in [0.25, 0.3) is 11.8 Å². The number of carbonyl (C=O) groups excluding carboxylic acids is 3. The molecule has 0 spiro atoms. The van der Waals surface area contributed by atoms with Gasteiger partial charge >= 0.3 is 17.9 Å². The van der Waals surface area contributed by atoms with E-state index < -0.39 is 53.5 Å². The van der Waals surface area contributed by atoms with Crippen LogP contribution in [0.1, 0.15) is 12.6 Å². The van der Waals surface area contributed by atoms with E-state index in [2.05, 4.69) is 36.9 Å². The minimum absolute atomic E-state index is 0.00721. The number of esters is 1. The Morgan fingerprint density at radius 3 is 2.76 bits per heavy atom. The maximum Gasteiger partial charge on any atom is 0.384 e. The number of allylic oxidation sites excluding steroid dienone is 2. The molecule has 194 valence electrons. The monoisotopic (exact) mass is 549 g/mol. The van der Waals surface area contributed by atoms with Crippen molar-refractivity contribution in [1.82, 2.24) is 15.2 Å². The van der Waals surface area contributed by atoms with Crippen molar-refractivity contribution in [3.05, 3.63) is 34.5 Å². The van der Waals surface area contributed by atoms with Gasteiger partial charge in [0.05, 0.1) is 6.61 Å². The van der Waals surface area contributed by atoms with E-state index >= 15 is 0 Å². The minimum atomic E-state index is -1.36. The number of hydrogen-bond acceptors (Lipinski definition) is 12. The number of thioether (sulfide) groups is 1. The number of anilines is 1. The quantitative estimate of drug-likeness (QED) is 0.0759. The molecule has 1 saturated heterocycles. The first-order valence-electron chi connectivity index (χ1n) is 10.3. The van der Waals surface area contributed by atoms with Crippen LogP contribution in [0.3, 0.4) is 0 Å². The number of β-lactam (4-membered cyclic amide) rings is 1. The zero-order valence-corrected chi connectivity index (χ0v) is 20.6. The molecule has 0 aromatic carbocycles. The lowest BCUT2D eigenvalue weighted by Gasteiger charge is -2.49. The smallest absolute Gasteiger partial charge is 0.384 e. The third kappa shape index (κ3) is 6.45. The Balaban J connectivity index is 1.77. The number of fused-ring (bicyclic) bond motifs is 1. The molecule has 14 nitrogen and oxygen atoms in total. The summed E-state index contributed by atoms with van der Waals surface area (Å²) >= 11 is 2.20. The first kappa shape index (κ1) is 27.2. The first-order valence-corrected chi connectivity index (χ1v) is 12.3. The van der Waals surface area contributed by atoms with E-state index in [4.69, 9.17) is 10.8 Å². The summed E-state index contributed by atoms with van der Waals surface area (Å²) in [4.78, 5) is 69.3. The van der Waals surface area contributed by atoms with Crippen molar-refractivity contribution in [3.8, 4) is 11.8 Å². The molecule has 16 heteroatoms. The van der Waals surface area contributed by atoms with Crippen LogP contribution in [0.15, 0.2) is 34.0 Å². The van der Waals surface area contributed by atoms with Crippen LogP contribution in [0.4, 0.5) is 5.13 Å². The maximum absolute atomic E-state index is 12.9. The van der Waals surface area contributed by atoms with Crippen molar-refractivity contribution >= 4 is 63.7 Å². The number of carboxylic acids is 2. The lowest BCUT2D eigenvalue weighted by molar-refractivity contribution is -0.150. The van der Waals surface area contributed by atoms with Gasteiger partial charge in [0, 0.05) is 17.1 Å². The normalized spacial score (nSPS) is 18.9. The minimum Gasteiger partial charge on any atom is -0.479 e. The summed E-state index contributed by atoms with van der Waals surface area (Å²) in [6.07, 6.45) is 2.66. The molecular weight excluding hydrogens is 530 g/mol. The SMILES string of the molecule is CCOC(=O)C#C/C=C\C1=C(C(=O)O)N2C(=O)[C@@H](NC(=O)/C(=N\OCC(=O)O)c3csc(N)n3)[C@H]2SC1. The molecule has 2 amide bonds. The second kappa shape index (κ2) is 12.1. The van der Waals surface area contributed by atoms with Crippen molar-refractivity contribution in [1.29, 1.82) is 0 Å². The van der Waals surface area contributed by atoms with E-state index in [9.17, 15) is 29.1 Å². The molecule has 1 fully saturated rings. The number of nitrogen functional groups attached to an aromatic ring is 1. The molecule has 3 heterocycles. The molecule has 0 unspecified atom stereocenters. The van der Waals surface area contributed by atoms with Crippen LogP contribution in [0.5, 0.6) is 0 Å². The van der Waals surface area contributed by atoms with Gasteiger partial charge in [0.15, 0.2) is 10.8 Å². The van der Waals surface area contributed by atoms with Crippen LogP contribution in [-0.4, -0.2) is 85.9 Å². The summed E-state index contributed by atoms with van der Waals surface area (Å²) in [5.74, 6) is -0.161. The number of amides is 2. The highest BCUT2D eigenvalue weighted by atomic mass is 32.2. The zero-order chi connectivity index (χ0) is 27.1. The Hall–Kier alpha value is -4.36.